The van der Waals surface area contributed by atoms with Gasteiger partial charge in [0.15, 0.2) is 0 Å². The third-order valence-corrected chi connectivity index (χ3v) is 3.17. The van der Waals surface area contributed by atoms with E-state index in [9.17, 15) is 0 Å². The van der Waals surface area contributed by atoms with Gasteiger partial charge in [-0.15, -0.1) is 0 Å². The normalized spacial score (nSPS) is 13.2. The van der Waals surface area contributed by atoms with Gasteiger partial charge in [-0.3, -0.25) is 4.90 Å². The third kappa shape index (κ3) is 3.82. The van der Waals surface area contributed by atoms with Gasteiger partial charge in [0.2, 0.25) is 0 Å². The number of nitrogens with two attached hydrogens (primary N) is 1. The highest BCUT2D eigenvalue weighted by Gasteiger charge is 2.18. The van der Waals surface area contributed by atoms with Crippen LogP contribution in [0.15, 0.2) is 12.5 Å². The van der Waals surface area contributed by atoms with Crippen LogP contribution in [0.4, 0.5) is 0 Å². The highest BCUT2D eigenvalue weighted by Crippen LogP contribution is 2.18. The molecule has 17 heavy (non-hydrogen) atoms. The van der Waals surface area contributed by atoms with Crippen LogP contribution in [-0.4, -0.2) is 34.6 Å². The van der Waals surface area contributed by atoms with Gasteiger partial charge in [0, 0.05) is 19.3 Å². The molecule has 0 aliphatic carbocycles. The molecular weight excluding hydrogens is 212 g/mol. The van der Waals surface area contributed by atoms with Crippen LogP contribution in [0.3, 0.4) is 0 Å². The first-order valence-electron chi connectivity index (χ1n) is 6.64. The molecule has 1 rings (SSSR count). The predicted octanol–water partition coefficient (Wildman–Crippen LogP) is 2.02. The van der Waals surface area contributed by atoms with Crippen molar-refractivity contribution in [3.63, 3.8) is 0 Å². The fourth-order valence-electron chi connectivity index (χ4n) is 2.13. The van der Waals surface area contributed by atoms with Crippen LogP contribution in [0.2, 0.25) is 0 Å². The molecule has 0 amide bonds. The molecule has 0 saturated carbocycles. The minimum atomic E-state index is 0.288. The van der Waals surface area contributed by atoms with Gasteiger partial charge < -0.3 is 10.3 Å². The Labute approximate surface area is 105 Å². The molecule has 98 valence electrons. The van der Waals surface area contributed by atoms with E-state index in [2.05, 4.69) is 35.3 Å². The second-order valence-corrected chi connectivity index (χ2v) is 4.60. The maximum Gasteiger partial charge on any atom is 0.0948 e. The maximum atomic E-state index is 5.92. The summed E-state index contributed by atoms with van der Waals surface area (Å²) in [5.41, 5.74) is 7.16. The van der Waals surface area contributed by atoms with Gasteiger partial charge in [-0.1, -0.05) is 20.3 Å². The summed E-state index contributed by atoms with van der Waals surface area (Å²) in [5, 5.41) is 0. The molecule has 0 aliphatic heterocycles. The molecule has 2 N–H and O–H groups in total. The number of aryl methyl sites for hydroxylation is 1. The molecule has 1 atom stereocenters. The molecule has 1 aromatic rings. The second-order valence-electron chi connectivity index (χ2n) is 4.60. The van der Waals surface area contributed by atoms with Crippen molar-refractivity contribution in [1.82, 2.24) is 14.5 Å². The molecule has 0 saturated heterocycles. The lowest BCUT2D eigenvalue weighted by Crippen LogP contribution is -2.32. The zero-order valence-corrected chi connectivity index (χ0v) is 11.4. The quantitative estimate of drug-likeness (QED) is 0.754. The van der Waals surface area contributed by atoms with Gasteiger partial charge in [0.25, 0.3) is 0 Å². The van der Waals surface area contributed by atoms with E-state index in [4.69, 9.17) is 5.73 Å². The van der Waals surface area contributed by atoms with Crippen LogP contribution >= 0.6 is 0 Å². The summed E-state index contributed by atoms with van der Waals surface area (Å²) in [6, 6.07) is 0.288. The minimum Gasteiger partial charge on any atom is -0.333 e. The summed E-state index contributed by atoms with van der Waals surface area (Å²) < 4.78 is 2.22. The molecule has 0 spiro atoms. The highest BCUT2D eigenvalue weighted by molar-refractivity contribution is 5.06. The van der Waals surface area contributed by atoms with E-state index in [0.717, 1.165) is 19.5 Å². The number of nitrogens with zero attached hydrogens (tertiary/aromatic N) is 3. The highest BCUT2D eigenvalue weighted by atomic mass is 15.2. The predicted molar refractivity (Wildman–Crippen MR) is 71.9 cm³/mol. The molecule has 4 heteroatoms. The van der Waals surface area contributed by atoms with Crippen molar-refractivity contribution in [2.24, 2.45) is 5.73 Å². The Kier molecular flexibility index (Phi) is 6.22. The van der Waals surface area contributed by atoms with Crippen molar-refractivity contribution < 1.29 is 0 Å². The Morgan fingerprint density at radius 3 is 2.76 bits per heavy atom. The Balaban J connectivity index is 2.74. The Hall–Kier alpha value is -0.870. The van der Waals surface area contributed by atoms with Crippen molar-refractivity contribution in [1.29, 1.82) is 0 Å². The van der Waals surface area contributed by atoms with Crippen molar-refractivity contribution >= 4 is 0 Å². The van der Waals surface area contributed by atoms with Crippen LogP contribution in [0, 0.1) is 0 Å². The van der Waals surface area contributed by atoms with E-state index in [1.54, 1.807) is 0 Å². The Morgan fingerprint density at radius 2 is 2.18 bits per heavy atom. The van der Waals surface area contributed by atoms with Gasteiger partial charge >= 0.3 is 0 Å². The molecule has 1 unspecified atom stereocenters. The Bertz CT molecular complexity index is 308. The molecule has 0 radical (unpaired) electrons. The van der Waals surface area contributed by atoms with Crippen LogP contribution in [0.1, 0.15) is 44.8 Å². The van der Waals surface area contributed by atoms with Gasteiger partial charge in [0.1, 0.15) is 0 Å². The van der Waals surface area contributed by atoms with E-state index in [1.807, 2.05) is 12.5 Å². The molecule has 0 aromatic carbocycles. The number of hydrogen-bond donors (Lipinski definition) is 1. The number of hydrogen-bond acceptors (Lipinski definition) is 3. The van der Waals surface area contributed by atoms with Crippen LogP contribution < -0.4 is 5.73 Å². The second kappa shape index (κ2) is 7.45. The SMILES string of the molecule is CCCCN(C)C(CN)c1cncn1CCC. The maximum absolute atomic E-state index is 5.92. The lowest BCUT2D eigenvalue weighted by atomic mass is 10.1. The first-order valence-corrected chi connectivity index (χ1v) is 6.64. The topological polar surface area (TPSA) is 47.1 Å². The standard InChI is InChI=1S/C13H26N4/c1-4-6-8-16(3)12(9-14)13-10-15-11-17(13)7-5-2/h10-12H,4-9,14H2,1-3H3. The van der Waals surface area contributed by atoms with Crippen LogP contribution in [-0.2, 0) is 6.54 Å². The molecule has 0 bridgehead atoms. The molecule has 0 fully saturated rings. The number of likely N-dealkylation sites (N-methyl/N-ethyl adjacent to an activating group) is 1. The lowest BCUT2D eigenvalue weighted by molar-refractivity contribution is 0.237. The van der Waals surface area contributed by atoms with Gasteiger partial charge in [-0.25, -0.2) is 4.98 Å². The summed E-state index contributed by atoms with van der Waals surface area (Å²) >= 11 is 0. The van der Waals surface area contributed by atoms with E-state index in [1.165, 1.54) is 18.5 Å². The average molecular weight is 238 g/mol. The summed E-state index contributed by atoms with van der Waals surface area (Å²) in [6.45, 7) is 7.16. The van der Waals surface area contributed by atoms with Gasteiger partial charge in [-0.2, -0.15) is 0 Å². The van der Waals surface area contributed by atoms with E-state index in [-0.39, 0.29) is 6.04 Å². The number of imidazole rings is 1. The van der Waals surface area contributed by atoms with Gasteiger partial charge in [-0.05, 0) is 26.4 Å². The Morgan fingerprint density at radius 1 is 1.41 bits per heavy atom. The smallest absolute Gasteiger partial charge is 0.0948 e. The fourth-order valence-corrected chi connectivity index (χ4v) is 2.13. The molecule has 4 nitrogen and oxygen atoms in total. The van der Waals surface area contributed by atoms with Gasteiger partial charge in [0.05, 0.1) is 18.1 Å². The lowest BCUT2D eigenvalue weighted by Gasteiger charge is -2.27. The molecule has 1 aromatic heterocycles. The summed E-state index contributed by atoms with van der Waals surface area (Å²) in [7, 11) is 2.15. The van der Waals surface area contributed by atoms with E-state index >= 15 is 0 Å². The summed E-state index contributed by atoms with van der Waals surface area (Å²) in [4.78, 5) is 6.59. The summed E-state index contributed by atoms with van der Waals surface area (Å²) in [6.07, 6.45) is 7.43. The zero-order valence-electron chi connectivity index (χ0n) is 11.4. The van der Waals surface area contributed by atoms with Crippen molar-refractivity contribution in [3.8, 4) is 0 Å². The average Bonchev–Trinajstić information content (AvgIpc) is 2.76. The first-order chi connectivity index (χ1) is 8.24. The number of unbranched alkanes of at least 4 members (excludes halogenated alkanes) is 1. The van der Waals surface area contributed by atoms with E-state index in [0.29, 0.717) is 6.54 Å². The van der Waals surface area contributed by atoms with Crippen molar-refractivity contribution in [2.75, 3.05) is 20.1 Å². The molecule has 0 aliphatic rings. The molecule has 1 heterocycles. The third-order valence-electron chi connectivity index (χ3n) is 3.17. The number of aromatic nitrogens is 2. The van der Waals surface area contributed by atoms with Crippen LogP contribution in [0.5, 0.6) is 0 Å². The van der Waals surface area contributed by atoms with Crippen molar-refractivity contribution in [3.05, 3.63) is 18.2 Å². The largest absolute Gasteiger partial charge is 0.333 e. The number of rotatable bonds is 8. The van der Waals surface area contributed by atoms with E-state index < -0.39 is 0 Å². The molecular formula is C13H26N4. The van der Waals surface area contributed by atoms with Crippen LogP contribution in [0.25, 0.3) is 0 Å². The fraction of sp³-hybridized carbons (Fsp3) is 0.769. The summed E-state index contributed by atoms with van der Waals surface area (Å²) in [5.74, 6) is 0. The zero-order chi connectivity index (χ0) is 12.7. The minimum absolute atomic E-state index is 0.288. The first kappa shape index (κ1) is 14.2. The van der Waals surface area contributed by atoms with Crippen molar-refractivity contribution in [2.45, 2.75) is 45.7 Å². The monoisotopic (exact) mass is 238 g/mol.